The van der Waals surface area contributed by atoms with Gasteiger partial charge in [-0.05, 0) is 40.0 Å². The lowest BCUT2D eigenvalue weighted by molar-refractivity contribution is 0.144. The van der Waals surface area contributed by atoms with Crippen LogP contribution in [0.25, 0.3) is 0 Å². The van der Waals surface area contributed by atoms with Gasteiger partial charge in [-0.2, -0.15) is 0 Å². The average molecular weight is 229 g/mol. The minimum atomic E-state index is 0.790. The van der Waals surface area contributed by atoms with Gasteiger partial charge in [-0.25, -0.2) is 0 Å². The van der Waals surface area contributed by atoms with Crippen LogP contribution < -0.4 is 5.32 Å². The third-order valence-corrected chi connectivity index (χ3v) is 3.38. The molecule has 1 fully saturated rings. The van der Waals surface area contributed by atoms with Crippen LogP contribution in [-0.2, 0) is 4.74 Å². The van der Waals surface area contributed by atoms with Crippen molar-refractivity contribution in [2.45, 2.75) is 18.9 Å². The van der Waals surface area contributed by atoms with Crippen molar-refractivity contribution in [1.29, 1.82) is 0 Å². The molecule has 1 aliphatic rings. The smallest absolute Gasteiger partial charge is 0.0587 e. The molecule has 0 atom stereocenters. The number of ether oxygens (including phenoxy) is 1. The molecule has 1 rings (SSSR count). The Kier molecular flexibility index (Phi) is 6.96. The molecule has 1 heterocycles. The summed E-state index contributed by atoms with van der Waals surface area (Å²) in [5, 5.41) is 3.39. The highest BCUT2D eigenvalue weighted by atomic mass is 16.5. The van der Waals surface area contributed by atoms with Crippen LogP contribution in [0.5, 0.6) is 0 Å². The summed E-state index contributed by atoms with van der Waals surface area (Å²) in [6, 6.07) is 0.790. The minimum Gasteiger partial charge on any atom is -0.383 e. The number of hydrogen-bond acceptors (Lipinski definition) is 4. The van der Waals surface area contributed by atoms with Crippen LogP contribution in [0.3, 0.4) is 0 Å². The van der Waals surface area contributed by atoms with E-state index in [4.69, 9.17) is 4.74 Å². The van der Waals surface area contributed by atoms with Crippen LogP contribution in [0.2, 0.25) is 0 Å². The molecule has 0 unspecified atom stereocenters. The average Bonchev–Trinajstić information content (AvgIpc) is 2.29. The van der Waals surface area contributed by atoms with Crippen LogP contribution in [0.1, 0.15) is 12.8 Å². The summed E-state index contributed by atoms with van der Waals surface area (Å²) in [5.41, 5.74) is 0. The topological polar surface area (TPSA) is 27.7 Å². The molecule has 4 nitrogen and oxygen atoms in total. The zero-order valence-electron chi connectivity index (χ0n) is 11.0. The molecule has 96 valence electrons. The summed E-state index contributed by atoms with van der Waals surface area (Å²) in [6.45, 7) is 6.51. The van der Waals surface area contributed by atoms with E-state index in [-0.39, 0.29) is 0 Å². The molecular weight excluding hydrogens is 202 g/mol. The lowest BCUT2D eigenvalue weighted by Gasteiger charge is -2.35. The number of piperidine rings is 1. The van der Waals surface area contributed by atoms with E-state index >= 15 is 0 Å². The van der Waals surface area contributed by atoms with Gasteiger partial charge < -0.3 is 19.9 Å². The number of rotatable bonds is 7. The van der Waals surface area contributed by atoms with E-state index in [0.29, 0.717) is 0 Å². The largest absolute Gasteiger partial charge is 0.383 e. The number of nitrogens with zero attached hydrogens (tertiary/aromatic N) is 2. The standard InChI is InChI=1S/C12H27N3O/c1-14(2)12-4-8-15(9-5-12)10-6-13-7-11-16-3/h12-13H,4-11H2,1-3H3. The Morgan fingerprint density at radius 2 is 1.94 bits per heavy atom. The highest BCUT2D eigenvalue weighted by molar-refractivity contribution is 4.76. The van der Waals surface area contributed by atoms with Crippen LogP contribution in [-0.4, -0.2) is 76.4 Å². The molecule has 0 aromatic heterocycles. The molecule has 0 aromatic carbocycles. The normalized spacial score (nSPS) is 19.5. The highest BCUT2D eigenvalue weighted by Gasteiger charge is 2.19. The second kappa shape index (κ2) is 8.01. The Morgan fingerprint density at radius 1 is 1.25 bits per heavy atom. The highest BCUT2D eigenvalue weighted by Crippen LogP contribution is 2.13. The van der Waals surface area contributed by atoms with E-state index in [1.165, 1.54) is 32.5 Å². The van der Waals surface area contributed by atoms with Gasteiger partial charge in [0, 0.05) is 32.8 Å². The molecular formula is C12H27N3O. The Hall–Kier alpha value is -0.160. The van der Waals surface area contributed by atoms with Gasteiger partial charge in [0.2, 0.25) is 0 Å². The number of hydrogen-bond donors (Lipinski definition) is 1. The maximum absolute atomic E-state index is 4.99. The SMILES string of the molecule is COCCNCCN1CCC(N(C)C)CC1. The van der Waals surface area contributed by atoms with Gasteiger partial charge in [0.1, 0.15) is 0 Å². The molecule has 0 aromatic rings. The maximum atomic E-state index is 4.99. The Morgan fingerprint density at radius 3 is 2.50 bits per heavy atom. The first-order valence-electron chi connectivity index (χ1n) is 6.32. The van der Waals surface area contributed by atoms with Crippen molar-refractivity contribution >= 4 is 0 Å². The summed E-state index contributed by atoms with van der Waals surface area (Å²) in [4.78, 5) is 4.91. The molecule has 0 radical (unpaired) electrons. The first kappa shape index (κ1) is 13.9. The molecule has 1 aliphatic heterocycles. The molecule has 4 heteroatoms. The molecule has 1 N–H and O–H groups in total. The van der Waals surface area contributed by atoms with Crippen LogP contribution in [0.4, 0.5) is 0 Å². The van der Waals surface area contributed by atoms with Crippen molar-refractivity contribution in [3.63, 3.8) is 0 Å². The second-order valence-corrected chi connectivity index (χ2v) is 4.78. The van der Waals surface area contributed by atoms with Gasteiger partial charge in [0.15, 0.2) is 0 Å². The van der Waals surface area contributed by atoms with Crippen molar-refractivity contribution in [1.82, 2.24) is 15.1 Å². The third-order valence-electron chi connectivity index (χ3n) is 3.38. The zero-order valence-corrected chi connectivity index (χ0v) is 11.0. The van der Waals surface area contributed by atoms with Gasteiger partial charge in [-0.3, -0.25) is 0 Å². The van der Waals surface area contributed by atoms with Gasteiger partial charge in [0.25, 0.3) is 0 Å². The minimum absolute atomic E-state index is 0.790. The summed E-state index contributed by atoms with van der Waals surface area (Å²) >= 11 is 0. The Balaban J connectivity index is 1.99. The molecule has 0 aliphatic carbocycles. The maximum Gasteiger partial charge on any atom is 0.0587 e. The summed E-state index contributed by atoms with van der Waals surface area (Å²) in [7, 11) is 6.12. The van der Waals surface area contributed by atoms with Crippen molar-refractivity contribution in [2.24, 2.45) is 0 Å². The van der Waals surface area contributed by atoms with E-state index in [9.17, 15) is 0 Å². The predicted molar refractivity (Wildman–Crippen MR) is 67.9 cm³/mol. The van der Waals surface area contributed by atoms with Crippen molar-refractivity contribution in [3.05, 3.63) is 0 Å². The Labute approximate surface area is 99.9 Å². The zero-order chi connectivity index (χ0) is 11.8. The lowest BCUT2D eigenvalue weighted by Crippen LogP contribution is -2.44. The summed E-state index contributed by atoms with van der Waals surface area (Å²) < 4.78 is 4.99. The fourth-order valence-corrected chi connectivity index (χ4v) is 2.20. The van der Waals surface area contributed by atoms with Gasteiger partial charge in [0.05, 0.1) is 6.61 Å². The van der Waals surface area contributed by atoms with Crippen molar-refractivity contribution in [3.8, 4) is 0 Å². The fourth-order valence-electron chi connectivity index (χ4n) is 2.20. The van der Waals surface area contributed by atoms with E-state index in [1.54, 1.807) is 7.11 Å². The molecule has 0 spiro atoms. The molecule has 0 amide bonds. The quantitative estimate of drug-likeness (QED) is 0.633. The van der Waals surface area contributed by atoms with Crippen LogP contribution in [0, 0.1) is 0 Å². The first-order chi connectivity index (χ1) is 7.74. The third kappa shape index (κ3) is 5.25. The van der Waals surface area contributed by atoms with Crippen LogP contribution in [0.15, 0.2) is 0 Å². The van der Waals surface area contributed by atoms with Gasteiger partial charge in [-0.15, -0.1) is 0 Å². The van der Waals surface area contributed by atoms with Crippen molar-refractivity contribution < 1.29 is 4.74 Å². The molecule has 16 heavy (non-hydrogen) atoms. The van der Waals surface area contributed by atoms with E-state index in [0.717, 1.165) is 25.7 Å². The Bertz CT molecular complexity index is 168. The lowest BCUT2D eigenvalue weighted by atomic mass is 10.0. The molecule has 0 bridgehead atoms. The van der Waals surface area contributed by atoms with Gasteiger partial charge in [-0.1, -0.05) is 0 Å². The number of methoxy groups -OCH3 is 1. The monoisotopic (exact) mass is 229 g/mol. The van der Waals surface area contributed by atoms with E-state index in [1.807, 2.05) is 0 Å². The number of likely N-dealkylation sites (tertiary alicyclic amines) is 1. The van der Waals surface area contributed by atoms with E-state index < -0.39 is 0 Å². The molecule has 1 saturated heterocycles. The first-order valence-corrected chi connectivity index (χ1v) is 6.32. The summed E-state index contributed by atoms with van der Waals surface area (Å²) in [6.07, 6.45) is 2.62. The van der Waals surface area contributed by atoms with Crippen LogP contribution >= 0.6 is 0 Å². The molecule has 0 saturated carbocycles. The second-order valence-electron chi connectivity index (χ2n) is 4.78. The summed E-state index contributed by atoms with van der Waals surface area (Å²) in [5.74, 6) is 0. The predicted octanol–water partition coefficient (Wildman–Crippen LogP) is 0.248. The fraction of sp³-hybridized carbons (Fsp3) is 1.00. The van der Waals surface area contributed by atoms with E-state index in [2.05, 4.69) is 29.2 Å². The number of nitrogens with one attached hydrogen (secondary N) is 1. The van der Waals surface area contributed by atoms with Gasteiger partial charge >= 0.3 is 0 Å². The van der Waals surface area contributed by atoms with Crippen molar-refractivity contribution in [2.75, 3.05) is 60.5 Å².